The maximum atomic E-state index is 16.2. The highest BCUT2D eigenvalue weighted by molar-refractivity contribution is 7.15. The molecule has 7 rings (SSSR count). The van der Waals surface area contributed by atoms with Gasteiger partial charge >= 0.3 is 0 Å². The van der Waals surface area contributed by atoms with Crippen molar-refractivity contribution in [3.63, 3.8) is 0 Å². The van der Waals surface area contributed by atoms with Crippen molar-refractivity contribution in [2.75, 3.05) is 5.32 Å². The third-order valence-corrected chi connectivity index (χ3v) is 8.62. The quantitative estimate of drug-likeness (QED) is 0.209. The molecule has 200 valence electrons. The maximum absolute atomic E-state index is 16.2. The van der Waals surface area contributed by atoms with E-state index >= 15 is 4.39 Å². The number of aryl methyl sites for hydroxylation is 1. The van der Waals surface area contributed by atoms with Gasteiger partial charge in [0.15, 0.2) is 11.5 Å². The fourth-order valence-electron chi connectivity index (χ4n) is 5.54. The van der Waals surface area contributed by atoms with E-state index < -0.39 is 5.82 Å². The second-order valence-corrected chi connectivity index (χ2v) is 11.5. The number of carbonyl (C=O) groups excluding carboxylic acids is 1. The lowest BCUT2D eigenvalue weighted by Crippen LogP contribution is -2.24. The molecular formula is C30H26FN7OS. The third kappa shape index (κ3) is 4.34. The summed E-state index contributed by atoms with van der Waals surface area (Å²) in [6, 6.07) is 11.3. The van der Waals surface area contributed by atoms with E-state index in [-0.39, 0.29) is 11.8 Å². The molecule has 1 aromatic carbocycles. The van der Waals surface area contributed by atoms with E-state index in [0.717, 1.165) is 41.6 Å². The second-order valence-electron chi connectivity index (χ2n) is 10.3. The summed E-state index contributed by atoms with van der Waals surface area (Å²) < 4.78 is 16.2. The SMILES string of the molecule is Cc1ccc(-c2ccnc3nc(-c4n[nH]c5ccc(-c6cncc(NC(=O)C7CCCCC7)c6)c(F)c45)[nH]c23)s1. The van der Waals surface area contributed by atoms with Gasteiger partial charge in [0.25, 0.3) is 0 Å². The Bertz CT molecular complexity index is 1880. The number of anilines is 1. The number of nitrogens with zero attached hydrogens (tertiary/aromatic N) is 4. The number of carbonyl (C=O) groups is 1. The topological polar surface area (TPSA) is 112 Å². The van der Waals surface area contributed by atoms with Gasteiger partial charge in [0.05, 0.1) is 28.3 Å². The van der Waals surface area contributed by atoms with Gasteiger partial charge in [0.2, 0.25) is 5.91 Å². The van der Waals surface area contributed by atoms with Crippen molar-refractivity contribution in [3.8, 4) is 33.1 Å². The maximum Gasteiger partial charge on any atom is 0.227 e. The Kier molecular flexibility index (Phi) is 6.11. The number of nitrogens with one attached hydrogen (secondary N) is 3. The number of pyridine rings is 2. The lowest BCUT2D eigenvalue weighted by molar-refractivity contribution is -0.120. The van der Waals surface area contributed by atoms with Crippen LogP contribution in [0.4, 0.5) is 10.1 Å². The highest BCUT2D eigenvalue weighted by Gasteiger charge is 2.23. The van der Waals surface area contributed by atoms with Crippen LogP contribution in [0.25, 0.3) is 55.2 Å². The summed E-state index contributed by atoms with van der Waals surface area (Å²) in [5, 5.41) is 10.7. The van der Waals surface area contributed by atoms with E-state index in [0.29, 0.717) is 44.9 Å². The average Bonchev–Trinajstić information content (AvgIpc) is 3.72. The minimum absolute atomic E-state index is 0.00210. The predicted molar refractivity (Wildman–Crippen MR) is 155 cm³/mol. The zero-order chi connectivity index (χ0) is 27.2. The molecular weight excluding hydrogens is 525 g/mol. The highest BCUT2D eigenvalue weighted by Crippen LogP contribution is 2.36. The van der Waals surface area contributed by atoms with Crippen LogP contribution in [0.15, 0.2) is 55.0 Å². The summed E-state index contributed by atoms with van der Waals surface area (Å²) in [4.78, 5) is 31.8. The molecule has 0 radical (unpaired) electrons. The van der Waals surface area contributed by atoms with Crippen LogP contribution < -0.4 is 5.32 Å². The molecule has 8 nitrogen and oxygen atoms in total. The molecule has 1 aliphatic carbocycles. The number of thiophene rings is 1. The van der Waals surface area contributed by atoms with Crippen molar-refractivity contribution in [1.29, 1.82) is 0 Å². The first-order valence-corrected chi connectivity index (χ1v) is 14.2. The Morgan fingerprint density at radius 3 is 2.77 bits per heavy atom. The lowest BCUT2D eigenvalue weighted by Gasteiger charge is -2.20. The first kappa shape index (κ1) is 24.6. The molecule has 1 aliphatic rings. The number of aromatic amines is 2. The zero-order valence-corrected chi connectivity index (χ0v) is 22.6. The molecule has 1 saturated carbocycles. The molecule has 5 heterocycles. The Morgan fingerprint density at radius 1 is 1.07 bits per heavy atom. The van der Waals surface area contributed by atoms with Gasteiger partial charge in [-0.15, -0.1) is 11.3 Å². The predicted octanol–water partition coefficient (Wildman–Crippen LogP) is 7.26. The minimum atomic E-state index is -0.443. The molecule has 0 unspecified atom stereocenters. The van der Waals surface area contributed by atoms with Crippen LogP contribution in [-0.2, 0) is 4.79 Å². The fourth-order valence-corrected chi connectivity index (χ4v) is 6.44. The number of H-pyrrole nitrogens is 2. The summed E-state index contributed by atoms with van der Waals surface area (Å²) in [6.45, 7) is 2.07. The summed E-state index contributed by atoms with van der Waals surface area (Å²) in [5.74, 6) is 0.00220. The second kappa shape index (κ2) is 9.95. The van der Waals surface area contributed by atoms with Crippen molar-refractivity contribution in [2.24, 2.45) is 5.92 Å². The molecule has 0 bridgehead atoms. The molecule has 40 heavy (non-hydrogen) atoms. The average molecular weight is 552 g/mol. The van der Waals surface area contributed by atoms with Gasteiger partial charge in [0, 0.05) is 44.8 Å². The molecule has 3 N–H and O–H groups in total. The molecule has 0 saturated heterocycles. The summed E-state index contributed by atoms with van der Waals surface area (Å²) in [6.07, 6.45) is 10.1. The largest absolute Gasteiger partial charge is 0.335 e. The molecule has 6 aromatic rings. The van der Waals surface area contributed by atoms with Crippen molar-refractivity contribution >= 4 is 45.0 Å². The van der Waals surface area contributed by atoms with Gasteiger partial charge < -0.3 is 10.3 Å². The van der Waals surface area contributed by atoms with E-state index in [4.69, 9.17) is 0 Å². The van der Waals surface area contributed by atoms with Gasteiger partial charge in [-0.05, 0) is 56.2 Å². The lowest BCUT2D eigenvalue weighted by atomic mass is 9.88. The Balaban J connectivity index is 1.26. The Morgan fingerprint density at radius 2 is 1.95 bits per heavy atom. The van der Waals surface area contributed by atoms with Crippen molar-refractivity contribution in [2.45, 2.75) is 39.0 Å². The number of rotatable bonds is 5. The summed E-state index contributed by atoms with van der Waals surface area (Å²) in [7, 11) is 0. The number of hydrogen-bond donors (Lipinski definition) is 3. The number of fused-ring (bicyclic) bond motifs is 2. The van der Waals surface area contributed by atoms with Gasteiger partial charge in [-0.3, -0.25) is 14.9 Å². The number of benzene rings is 1. The third-order valence-electron chi connectivity index (χ3n) is 7.58. The minimum Gasteiger partial charge on any atom is -0.335 e. The summed E-state index contributed by atoms with van der Waals surface area (Å²) in [5.41, 5.74) is 4.70. The monoisotopic (exact) mass is 551 g/mol. The number of amides is 1. The Hall–Kier alpha value is -4.44. The van der Waals surface area contributed by atoms with Crippen molar-refractivity contribution in [1.82, 2.24) is 30.1 Å². The van der Waals surface area contributed by atoms with Gasteiger partial charge in [0.1, 0.15) is 11.5 Å². The number of imidazole rings is 1. The van der Waals surface area contributed by atoms with Crippen molar-refractivity contribution < 1.29 is 9.18 Å². The molecule has 1 fully saturated rings. The van der Waals surface area contributed by atoms with Crippen LogP contribution in [-0.4, -0.2) is 36.0 Å². The Labute approximate surface area is 233 Å². The van der Waals surface area contributed by atoms with Crippen LogP contribution in [0.5, 0.6) is 0 Å². The number of hydrogen-bond acceptors (Lipinski definition) is 6. The first-order valence-electron chi connectivity index (χ1n) is 13.4. The van der Waals surface area contributed by atoms with Crippen molar-refractivity contribution in [3.05, 3.63) is 65.7 Å². The standard InChI is InChI=1S/C30H26FN7OS/c1-16-7-10-23(40-16)21-11-12-33-28-26(21)35-29(36-28)27-24-22(37-38-27)9-8-20(25(24)31)18-13-19(15-32-14-18)34-30(39)17-5-3-2-4-6-17/h7-15,17H,2-6H2,1H3,(H,34,39)(H,37,38)(H,33,35,36). The van der Waals surface area contributed by atoms with Crippen LogP contribution in [0, 0.1) is 18.7 Å². The zero-order valence-electron chi connectivity index (χ0n) is 21.8. The molecule has 0 aliphatic heterocycles. The van der Waals surface area contributed by atoms with Gasteiger partial charge in [-0.25, -0.2) is 14.4 Å². The van der Waals surface area contributed by atoms with E-state index in [2.05, 4.69) is 54.5 Å². The molecule has 1 amide bonds. The molecule has 5 aromatic heterocycles. The first-order chi connectivity index (χ1) is 19.5. The fraction of sp³-hybridized carbons (Fsp3) is 0.233. The van der Waals surface area contributed by atoms with E-state index in [1.54, 1.807) is 48.1 Å². The van der Waals surface area contributed by atoms with E-state index in [9.17, 15) is 4.79 Å². The van der Waals surface area contributed by atoms with Crippen LogP contribution in [0.3, 0.4) is 0 Å². The number of aromatic nitrogens is 6. The molecule has 10 heteroatoms. The van der Waals surface area contributed by atoms with Crippen LogP contribution >= 0.6 is 11.3 Å². The van der Waals surface area contributed by atoms with E-state index in [1.807, 2.05) is 6.07 Å². The normalized spacial score (nSPS) is 14.2. The molecule has 0 spiro atoms. The molecule has 0 atom stereocenters. The van der Waals surface area contributed by atoms with Crippen LogP contribution in [0.1, 0.15) is 37.0 Å². The van der Waals surface area contributed by atoms with Gasteiger partial charge in [-0.2, -0.15) is 5.10 Å². The van der Waals surface area contributed by atoms with Crippen LogP contribution in [0.2, 0.25) is 0 Å². The number of halogens is 1. The van der Waals surface area contributed by atoms with Gasteiger partial charge in [-0.1, -0.05) is 19.3 Å². The smallest absolute Gasteiger partial charge is 0.227 e. The summed E-state index contributed by atoms with van der Waals surface area (Å²) >= 11 is 1.69. The highest BCUT2D eigenvalue weighted by atomic mass is 32.1. The van der Waals surface area contributed by atoms with E-state index in [1.165, 1.54) is 11.3 Å².